The van der Waals surface area contributed by atoms with Crippen LogP contribution >= 0.6 is 0 Å². The minimum atomic E-state index is -0.956. The number of benzene rings is 2. The number of furan rings is 1. The maximum Gasteiger partial charge on any atom is 0.275 e. The molecule has 1 atom stereocenters. The van der Waals surface area contributed by atoms with Gasteiger partial charge in [0.05, 0.1) is 26.1 Å². The summed E-state index contributed by atoms with van der Waals surface area (Å²) >= 11 is 0. The molecule has 0 bridgehead atoms. The molecular weight excluding hydrogens is 432 g/mol. The van der Waals surface area contributed by atoms with Crippen LogP contribution in [0.25, 0.3) is 0 Å². The Morgan fingerprint density at radius 3 is 2.44 bits per heavy atom. The molecular formula is C26H24N4O4. The van der Waals surface area contributed by atoms with Gasteiger partial charge in [0, 0.05) is 18.1 Å². The van der Waals surface area contributed by atoms with Crippen molar-refractivity contribution in [1.29, 1.82) is 0 Å². The van der Waals surface area contributed by atoms with Crippen molar-refractivity contribution in [3.05, 3.63) is 108 Å². The van der Waals surface area contributed by atoms with E-state index in [9.17, 15) is 9.59 Å². The number of carbonyl (C=O) groups is 2. The highest BCUT2D eigenvalue weighted by Crippen LogP contribution is 2.28. The highest BCUT2D eigenvalue weighted by Gasteiger charge is 2.33. The lowest BCUT2D eigenvalue weighted by atomic mass is 10.0. The maximum absolute atomic E-state index is 13.7. The van der Waals surface area contributed by atoms with Crippen LogP contribution in [0.15, 0.2) is 89.9 Å². The van der Waals surface area contributed by atoms with Gasteiger partial charge in [-0.25, -0.2) is 4.98 Å². The number of hydrogen-bond acceptors (Lipinski definition) is 6. The first kappa shape index (κ1) is 22.7. The van der Waals surface area contributed by atoms with Crippen LogP contribution in [0.5, 0.6) is 5.75 Å². The van der Waals surface area contributed by atoms with Gasteiger partial charge in [-0.3, -0.25) is 14.6 Å². The second-order valence-corrected chi connectivity index (χ2v) is 7.63. The Balaban J connectivity index is 1.74. The Hall–Kier alpha value is -4.46. The van der Waals surface area contributed by atoms with Gasteiger partial charge in [-0.1, -0.05) is 29.8 Å². The Labute approximate surface area is 197 Å². The van der Waals surface area contributed by atoms with E-state index in [1.807, 2.05) is 31.2 Å². The SMILES string of the molecule is COc1ccc(NC(=O)C(c2ccc(C)cc2)N(Cc2ccco2)C(=O)c2cnccn2)cc1. The number of aryl methyl sites for hydroxylation is 1. The van der Waals surface area contributed by atoms with Crippen molar-refractivity contribution in [2.24, 2.45) is 0 Å². The van der Waals surface area contributed by atoms with Crippen molar-refractivity contribution in [3.8, 4) is 5.75 Å². The Bertz CT molecular complexity index is 1220. The number of rotatable bonds is 8. The van der Waals surface area contributed by atoms with Crippen molar-refractivity contribution in [1.82, 2.24) is 14.9 Å². The van der Waals surface area contributed by atoms with Crippen molar-refractivity contribution in [2.75, 3.05) is 12.4 Å². The summed E-state index contributed by atoms with van der Waals surface area (Å²) in [6, 6.07) is 17.0. The number of hydrogen-bond donors (Lipinski definition) is 1. The molecule has 2 aromatic carbocycles. The number of anilines is 1. The van der Waals surface area contributed by atoms with E-state index < -0.39 is 11.9 Å². The third-order valence-electron chi connectivity index (χ3n) is 5.26. The fourth-order valence-corrected chi connectivity index (χ4v) is 3.51. The van der Waals surface area contributed by atoms with Crippen molar-refractivity contribution < 1.29 is 18.7 Å². The summed E-state index contributed by atoms with van der Waals surface area (Å²) in [5.74, 6) is 0.384. The fourth-order valence-electron chi connectivity index (χ4n) is 3.51. The molecule has 0 aliphatic heterocycles. The third-order valence-corrected chi connectivity index (χ3v) is 5.26. The standard InChI is InChI=1S/C26H24N4O4/c1-18-5-7-19(8-6-18)24(25(31)29-20-9-11-21(33-2)12-10-20)30(17-22-4-3-15-34-22)26(32)23-16-27-13-14-28-23/h3-16,24H,17H2,1-2H3,(H,29,31). The lowest BCUT2D eigenvalue weighted by Gasteiger charge is -2.30. The summed E-state index contributed by atoms with van der Waals surface area (Å²) in [7, 11) is 1.58. The summed E-state index contributed by atoms with van der Waals surface area (Å²) in [4.78, 5) is 36.8. The smallest absolute Gasteiger partial charge is 0.275 e. The van der Waals surface area contributed by atoms with E-state index in [-0.39, 0.29) is 18.1 Å². The number of carbonyl (C=O) groups excluding carboxylic acids is 2. The molecule has 8 nitrogen and oxygen atoms in total. The minimum absolute atomic E-state index is 0.0665. The molecule has 34 heavy (non-hydrogen) atoms. The molecule has 0 aliphatic carbocycles. The van der Waals surface area contributed by atoms with Gasteiger partial charge in [0.2, 0.25) is 0 Å². The second kappa shape index (κ2) is 10.4. The van der Waals surface area contributed by atoms with Crippen LogP contribution in [-0.2, 0) is 11.3 Å². The predicted molar refractivity (Wildman–Crippen MR) is 126 cm³/mol. The molecule has 2 amide bonds. The topological polar surface area (TPSA) is 97.6 Å². The van der Waals surface area contributed by atoms with Gasteiger partial charge in [-0.2, -0.15) is 0 Å². The summed E-state index contributed by atoms with van der Waals surface area (Å²) in [5, 5.41) is 2.92. The molecule has 4 rings (SSSR count). The third kappa shape index (κ3) is 5.29. The van der Waals surface area contributed by atoms with Crippen molar-refractivity contribution in [2.45, 2.75) is 19.5 Å². The fraction of sp³-hybridized carbons (Fsp3) is 0.154. The number of aromatic nitrogens is 2. The summed E-state index contributed by atoms with van der Waals surface area (Å²) in [5.41, 5.74) is 2.40. The zero-order chi connectivity index (χ0) is 23.9. The molecule has 0 radical (unpaired) electrons. The molecule has 0 saturated carbocycles. The monoisotopic (exact) mass is 456 g/mol. The Morgan fingerprint density at radius 2 is 1.82 bits per heavy atom. The van der Waals surface area contributed by atoms with E-state index in [0.29, 0.717) is 22.8 Å². The molecule has 4 aromatic rings. The minimum Gasteiger partial charge on any atom is -0.497 e. The van der Waals surface area contributed by atoms with E-state index in [1.54, 1.807) is 43.5 Å². The quantitative estimate of drug-likeness (QED) is 0.422. The maximum atomic E-state index is 13.7. The molecule has 0 fully saturated rings. The van der Waals surface area contributed by atoms with Gasteiger partial charge in [0.15, 0.2) is 0 Å². The Morgan fingerprint density at radius 1 is 1.06 bits per heavy atom. The zero-order valence-electron chi connectivity index (χ0n) is 18.8. The average Bonchev–Trinajstić information content (AvgIpc) is 3.38. The van der Waals surface area contributed by atoms with Crippen LogP contribution in [0.2, 0.25) is 0 Å². The molecule has 0 spiro atoms. The molecule has 8 heteroatoms. The van der Waals surface area contributed by atoms with Gasteiger partial charge in [-0.15, -0.1) is 0 Å². The van der Waals surface area contributed by atoms with Crippen molar-refractivity contribution >= 4 is 17.5 Å². The van der Waals surface area contributed by atoms with E-state index in [4.69, 9.17) is 9.15 Å². The van der Waals surface area contributed by atoms with Gasteiger partial charge in [0.25, 0.3) is 11.8 Å². The molecule has 172 valence electrons. The van der Waals surface area contributed by atoms with E-state index in [1.165, 1.54) is 29.8 Å². The zero-order valence-corrected chi connectivity index (χ0v) is 18.8. The molecule has 0 aliphatic rings. The lowest BCUT2D eigenvalue weighted by Crippen LogP contribution is -2.41. The van der Waals surface area contributed by atoms with Crippen LogP contribution < -0.4 is 10.1 Å². The van der Waals surface area contributed by atoms with E-state index in [0.717, 1.165) is 5.56 Å². The number of ether oxygens (including phenoxy) is 1. The Kier molecular flexibility index (Phi) is 6.98. The number of amides is 2. The van der Waals surface area contributed by atoms with E-state index >= 15 is 0 Å². The first-order valence-corrected chi connectivity index (χ1v) is 10.7. The largest absolute Gasteiger partial charge is 0.497 e. The predicted octanol–water partition coefficient (Wildman–Crippen LogP) is 4.41. The highest BCUT2D eigenvalue weighted by molar-refractivity contribution is 6.00. The van der Waals surface area contributed by atoms with Crippen LogP contribution in [0, 0.1) is 6.92 Å². The van der Waals surface area contributed by atoms with Crippen LogP contribution in [-0.4, -0.2) is 33.8 Å². The van der Waals surface area contributed by atoms with Gasteiger partial charge < -0.3 is 19.4 Å². The summed E-state index contributed by atoms with van der Waals surface area (Å²) < 4.78 is 10.7. The molecule has 2 aromatic heterocycles. The van der Waals surface area contributed by atoms with Crippen LogP contribution in [0.3, 0.4) is 0 Å². The van der Waals surface area contributed by atoms with E-state index in [2.05, 4.69) is 15.3 Å². The molecule has 0 saturated heterocycles. The second-order valence-electron chi connectivity index (χ2n) is 7.63. The normalized spacial score (nSPS) is 11.5. The van der Waals surface area contributed by atoms with Gasteiger partial charge >= 0.3 is 0 Å². The summed E-state index contributed by atoms with van der Waals surface area (Å²) in [6.07, 6.45) is 5.84. The van der Waals surface area contributed by atoms with Crippen LogP contribution in [0.1, 0.15) is 33.4 Å². The number of nitrogens with one attached hydrogen (secondary N) is 1. The first-order chi connectivity index (χ1) is 16.5. The van der Waals surface area contributed by atoms with Crippen LogP contribution in [0.4, 0.5) is 5.69 Å². The van der Waals surface area contributed by atoms with Crippen molar-refractivity contribution in [3.63, 3.8) is 0 Å². The number of nitrogens with zero attached hydrogens (tertiary/aromatic N) is 3. The molecule has 1 unspecified atom stereocenters. The highest BCUT2D eigenvalue weighted by atomic mass is 16.5. The summed E-state index contributed by atoms with van der Waals surface area (Å²) in [6.45, 7) is 2.03. The molecule has 1 N–H and O–H groups in total. The first-order valence-electron chi connectivity index (χ1n) is 10.7. The molecule has 2 heterocycles. The number of methoxy groups -OCH3 is 1. The lowest BCUT2D eigenvalue weighted by molar-refractivity contribution is -0.121. The van der Waals surface area contributed by atoms with Gasteiger partial charge in [-0.05, 0) is 48.9 Å². The average molecular weight is 457 g/mol. The van der Waals surface area contributed by atoms with Gasteiger partial charge in [0.1, 0.15) is 23.2 Å².